The van der Waals surface area contributed by atoms with E-state index >= 15 is 0 Å². The molecule has 0 spiro atoms. The third kappa shape index (κ3) is 2.03. The number of carbonyl (C=O) groups excluding carboxylic acids is 1. The number of hydrogen-bond donors (Lipinski definition) is 2. The fraction of sp³-hybridized carbons (Fsp3) is 0.800. The molecule has 0 radical (unpaired) electrons. The molecule has 1 saturated carbocycles. The second-order valence-electron chi connectivity index (χ2n) is 4.16. The maximum absolute atomic E-state index is 11.7. The molecule has 1 unspecified atom stereocenters. The standard InChI is InChI=1S/C10H15NO5/c12-8(7-6-15-4-5-16-7)11-10(9(13)14)2-1-3-10/h7H,1-6H2,(H,11,12)(H,13,14). The Hall–Kier alpha value is -1.14. The van der Waals surface area contributed by atoms with E-state index in [1.165, 1.54) is 0 Å². The van der Waals surface area contributed by atoms with Gasteiger partial charge in [0.05, 0.1) is 19.8 Å². The molecule has 0 bridgehead atoms. The summed E-state index contributed by atoms with van der Waals surface area (Å²) >= 11 is 0. The van der Waals surface area contributed by atoms with Crippen molar-refractivity contribution in [2.24, 2.45) is 0 Å². The first kappa shape index (κ1) is 11.3. The van der Waals surface area contributed by atoms with E-state index in [1.807, 2.05) is 0 Å². The molecule has 2 rings (SSSR count). The molecule has 1 atom stereocenters. The summed E-state index contributed by atoms with van der Waals surface area (Å²) in [5.74, 6) is -1.36. The fourth-order valence-electron chi connectivity index (χ4n) is 1.88. The lowest BCUT2D eigenvalue weighted by atomic mass is 9.76. The van der Waals surface area contributed by atoms with E-state index in [0.717, 1.165) is 6.42 Å². The van der Waals surface area contributed by atoms with Gasteiger partial charge in [0.1, 0.15) is 5.54 Å². The number of hydrogen-bond acceptors (Lipinski definition) is 4. The molecule has 2 N–H and O–H groups in total. The Morgan fingerprint density at radius 2 is 2.06 bits per heavy atom. The van der Waals surface area contributed by atoms with E-state index in [2.05, 4.69) is 5.32 Å². The molecule has 0 aromatic rings. The molecule has 2 aliphatic rings. The highest BCUT2D eigenvalue weighted by atomic mass is 16.6. The first-order valence-corrected chi connectivity index (χ1v) is 5.39. The number of carbonyl (C=O) groups is 2. The molecule has 0 aromatic heterocycles. The number of aliphatic carboxylic acids is 1. The summed E-state index contributed by atoms with van der Waals surface area (Å²) in [6.45, 7) is 1.05. The molecular formula is C10H15NO5. The van der Waals surface area contributed by atoms with Gasteiger partial charge in [-0.05, 0) is 19.3 Å². The molecule has 6 nitrogen and oxygen atoms in total. The van der Waals surface area contributed by atoms with E-state index in [1.54, 1.807) is 0 Å². The van der Waals surface area contributed by atoms with Gasteiger partial charge in [0.25, 0.3) is 5.91 Å². The van der Waals surface area contributed by atoms with Crippen LogP contribution < -0.4 is 5.32 Å². The topological polar surface area (TPSA) is 84.9 Å². The molecule has 0 aromatic carbocycles. The average Bonchev–Trinajstić information content (AvgIpc) is 2.24. The second kappa shape index (κ2) is 4.39. The number of amides is 1. The Kier molecular flexibility index (Phi) is 3.11. The SMILES string of the molecule is O=C(NC1(C(=O)O)CCC1)C1COCCO1. The van der Waals surface area contributed by atoms with Gasteiger partial charge in [-0.2, -0.15) is 0 Å². The zero-order valence-corrected chi connectivity index (χ0v) is 8.90. The van der Waals surface area contributed by atoms with Crippen molar-refractivity contribution in [3.8, 4) is 0 Å². The summed E-state index contributed by atoms with van der Waals surface area (Å²) in [5, 5.41) is 11.6. The Labute approximate surface area is 92.9 Å². The highest BCUT2D eigenvalue weighted by molar-refractivity contribution is 5.89. The van der Waals surface area contributed by atoms with Crippen molar-refractivity contribution < 1.29 is 24.2 Å². The van der Waals surface area contributed by atoms with Gasteiger partial charge in [0.2, 0.25) is 0 Å². The van der Waals surface area contributed by atoms with Crippen LogP contribution >= 0.6 is 0 Å². The molecule has 1 amide bonds. The van der Waals surface area contributed by atoms with Crippen LogP contribution in [-0.2, 0) is 19.1 Å². The van der Waals surface area contributed by atoms with Crippen LogP contribution in [0.3, 0.4) is 0 Å². The Morgan fingerprint density at radius 3 is 2.50 bits per heavy atom. The van der Waals surface area contributed by atoms with Gasteiger partial charge in [-0.15, -0.1) is 0 Å². The third-order valence-electron chi connectivity index (χ3n) is 3.09. The number of carboxylic acids is 1. The predicted molar refractivity (Wildman–Crippen MR) is 52.9 cm³/mol. The lowest BCUT2D eigenvalue weighted by Gasteiger charge is -2.39. The van der Waals surface area contributed by atoms with Crippen molar-refractivity contribution in [3.63, 3.8) is 0 Å². The summed E-state index contributed by atoms with van der Waals surface area (Å²) in [4.78, 5) is 22.8. The van der Waals surface area contributed by atoms with Gasteiger partial charge in [-0.25, -0.2) is 4.79 Å². The summed E-state index contributed by atoms with van der Waals surface area (Å²) in [7, 11) is 0. The molecule has 1 aliphatic carbocycles. The van der Waals surface area contributed by atoms with Crippen LogP contribution in [-0.4, -0.2) is 48.4 Å². The Balaban J connectivity index is 1.92. The van der Waals surface area contributed by atoms with Crippen LogP contribution in [0.4, 0.5) is 0 Å². The van der Waals surface area contributed by atoms with Gasteiger partial charge in [0, 0.05) is 0 Å². The van der Waals surface area contributed by atoms with Crippen LogP contribution in [0.15, 0.2) is 0 Å². The normalized spacial score (nSPS) is 27.9. The molecule has 1 aliphatic heterocycles. The summed E-state index contributed by atoms with van der Waals surface area (Å²) < 4.78 is 10.3. The zero-order valence-electron chi connectivity index (χ0n) is 8.90. The highest BCUT2D eigenvalue weighted by Gasteiger charge is 2.46. The number of nitrogens with one attached hydrogen (secondary N) is 1. The molecule has 1 heterocycles. The lowest BCUT2D eigenvalue weighted by molar-refractivity contribution is -0.159. The van der Waals surface area contributed by atoms with E-state index in [9.17, 15) is 9.59 Å². The minimum atomic E-state index is -1.07. The molecule has 1 saturated heterocycles. The summed E-state index contributed by atoms with van der Waals surface area (Å²) in [5.41, 5.74) is -1.07. The Morgan fingerprint density at radius 1 is 1.31 bits per heavy atom. The fourth-order valence-corrected chi connectivity index (χ4v) is 1.88. The van der Waals surface area contributed by atoms with Gasteiger partial charge >= 0.3 is 5.97 Å². The van der Waals surface area contributed by atoms with E-state index in [4.69, 9.17) is 14.6 Å². The Bertz CT molecular complexity index is 294. The van der Waals surface area contributed by atoms with Crippen molar-refractivity contribution >= 4 is 11.9 Å². The van der Waals surface area contributed by atoms with Crippen molar-refractivity contribution in [1.29, 1.82) is 0 Å². The molecule has 2 fully saturated rings. The average molecular weight is 229 g/mol. The molecular weight excluding hydrogens is 214 g/mol. The first-order chi connectivity index (χ1) is 7.64. The van der Waals surface area contributed by atoms with E-state index in [0.29, 0.717) is 26.1 Å². The van der Waals surface area contributed by atoms with Crippen LogP contribution in [0.2, 0.25) is 0 Å². The number of ether oxygens (including phenoxy) is 2. The molecule has 6 heteroatoms. The van der Waals surface area contributed by atoms with Crippen LogP contribution in [0.5, 0.6) is 0 Å². The third-order valence-corrected chi connectivity index (χ3v) is 3.09. The zero-order chi connectivity index (χ0) is 11.6. The number of carboxylic acid groups (broad SMARTS) is 1. The van der Waals surface area contributed by atoms with Gasteiger partial charge in [0.15, 0.2) is 6.10 Å². The van der Waals surface area contributed by atoms with Crippen molar-refractivity contribution in [1.82, 2.24) is 5.32 Å². The van der Waals surface area contributed by atoms with Crippen molar-refractivity contribution in [2.75, 3.05) is 19.8 Å². The van der Waals surface area contributed by atoms with E-state index in [-0.39, 0.29) is 12.5 Å². The second-order valence-corrected chi connectivity index (χ2v) is 4.16. The number of rotatable bonds is 3. The van der Waals surface area contributed by atoms with Gasteiger partial charge in [-0.1, -0.05) is 0 Å². The lowest BCUT2D eigenvalue weighted by Crippen LogP contribution is -2.61. The van der Waals surface area contributed by atoms with E-state index < -0.39 is 17.6 Å². The quantitative estimate of drug-likeness (QED) is 0.683. The minimum absolute atomic E-state index is 0.196. The maximum Gasteiger partial charge on any atom is 0.329 e. The first-order valence-electron chi connectivity index (χ1n) is 5.39. The van der Waals surface area contributed by atoms with Gasteiger partial charge < -0.3 is 19.9 Å². The largest absolute Gasteiger partial charge is 0.480 e. The molecule has 90 valence electrons. The monoisotopic (exact) mass is 229 g/mol. The minimum Gasteiger partial charge on any atom is -0.480 e. The summed E-state index contributed by atoms with van der Waals surface area (Å²) in [6.07, 6.45) is 1.13. The maximum atomic E-state index is 11.7. The van der Waals surface area contributed by atoms with Crippen LogP contribution in [0.1, 0.15) is 19.3 Å². The predicted octanol–water partition coefficient (Wildman–Crippen LogP) is -0.475. The van der Waals surface area contributed by atoms with Crippen molar-refractivity contribution in [3.05, 3.63) is 0 Å². The van der Waals surface area contributed by atoms with Crippen LogP contribution in [0, 0.1) is 0 Å². The smallest absolute Gasteiger partial charge is 0.329 e. The van der Waals surface area contributed by atoms with Gasteiger partial charge in [-0.3, -0.25) is 4.79 Å². The van der Waals surface area contributed by atoms with Crippen molar-refractivity contribution in [2.45, 2.75) is 30.9 Å². The van der Waals surface area contributed by atoms with Crippen LogP contribution in [0.25, 0.3) is 0 Å². The molecule has 16 heavy (non-hydrogen) atoms. The summed E-state index contributed by atoms with van der Waals surface area (Å²) in [6, 6.07) is 0. The highest BCUT2D eigenvalue weighted by Crippen LogP contribution is 2.32.